The Kier molecular flexibility index (Phi) is 6.59. The summed E-state index contributed by atoms with van der Waals surface area (Å²) in [5.41, 5.74) is 2.05. The van der Waals surface area contributed by atoms with Gasteiger partial charge < -0.3 is 10.6 Å². The van der Waals surface area contributed by atoms with E-state index in [0.29, 0.717) is 24.1 Å². The lowest BCUT2D eigenvalue weighted by Gasteiger charge is -2.10. The Morgan fingerprint density at radius 3 is 2.28 bits per heavy atom. The van der Waals surface area contributed by atoms with Gasteiger partial charge in [0.15, 0.2) is 5.11 Å². The monoisotopic (exact) mass is 359 g/mol. The normalized spacial score (nSPS) is 10.0. The van der Waals surface area contributed by atoms with Crippen LogP contribution in [-0.2, 0) is 11.2 Å². The summed E-state index contributed by atoms with van der Waals surface area (Å²) >= 11 is 5.10. The zero-order valence-electron chi connectivity index (χ0n) is 13.6. The Morgan fingerprint density at radius 1 is 1.04 bits per heavy atom. The minimum Gasteiger partial charge on any atom is -0.359 e. The van der Waals surface area contributed by atoms with E-state index in [1.54, 1.807) is 7.05 Å². The van der Waals surface area contributed by atoms with E-state index < -0.39 is 11.7 Å². The molecule has 2 amide bonds. The van der Waals surface area contributed by atoms with E-state index in [0.717, 1.165) is 5.56 Å². The molecule has 0 fully saturated rings. The van der Waals surface area contributed by atoms with Gasteiger partial charge in [-0.3, -0.25) is 14.9 Å². The zero-order valence-corrected chi connectivity index (χ0v) is 14.5. The molecule has 0 bridgehead atoms. The average molecular weight is 359 g/mol. The largest absolute Gasteiger partial charge is 0.359 e. The first-order chi connectivity index (χ1) is 12.0. The van der Waals surface area contributed by atoms with Crippen LogP contribution in [0.25, 0.3) is 0 Å². The van der Waals surface area contributed by atoms with Gasteiger partial charge >= 0.3 is 0 Å². The van der Waals surface area contributed by atoms with E-state index in [4.69, 9.17) is 12.2 Å². The maximum Gasteiger partial charge on any atom is 0.257 e. The van der Waals surface area contributed by atoms with Gasteiger partial charge in [0.25, 0.3) is 5.91 Å². The molecule has 0 heterocycles. The van der Waals surface area contributed by atoms with Gasteiger partial charge in [-0.15, -0.1) is 0 Å². The fourth-order valence-electron chi connectivity index (χ4n) is 2.08. The van der Waals surface area contributed by atoms with Crippen LogP contribution < -0.4 is 16.0 Å². The molecule has 0 spiro atoms. The van der Waals surface area contributed by atoms with Gasteiger partial charge in [-0.2, -0.15) is 0 Å². The van der Waals surface area contributed by atoms with Crippen LogP contribution in [0.4, 0.5) is 10.1 Å². The summed E-state index contributed by atoms with van der Waals surface area (Å²) in [5.74, 6) is -0.833. The highest BCUT2D eigenvalue weighted by molar-refractivity contribution is 7.80. The van der Waals surface area contributed by atoms with Crippen molar-refractivity contribution in [1.29, 1.82) is 0 Å². The number of nitrogens with one attached hydrogen (secondary N) is 3. The maximum absolute atomic E-state index is 12.9. The predicted octanol–water partition coefficient (Wildman–Crippen LogP) is 2.63. The number of rotatable bonds is 5. The summed E-state index contributed by atoms with van der Waals surface area (Å²) < 4.78 is 12.9. The molecule has 0 aliphatic rings. The number of anilines is 1. The third-order valence-corrected chi connectivity index (χ3v) is 3.67. The number of halogens is 1. The lowest BCUT2D eigenvalue weighted by atomic mass is 10.1. The van der Waals surface area contributed by atoms with Crippen molar-refractivity contribution in [1.82, 2.24) is 10.6 Å². The van der Waals surface area contributed by atoms with Gasteiger partial charge in [0.2, 0.25) is 5.91 Å². The molecule has 0 saturated heterocycles. The smallest absolute Gasteiger partial charge is 0.257 e. The number of amides is 2. The molecule has 0 aliphatic heterocycles. The molecule has 3 N–H and O–H groups in total. The van der Waals surface area contributed by atoms with Crippen molar-refractivity contribution in [3.05, 3.63) is 65.5 Å². The van der Waals surface area contributed by atoms with Crippen LogP contribution in [0.15, 0.2) is 48.5 Å². The Balaban J connectivity index is 1.86. The topological polar surface area (TPSA) is 70.2 Å². The van der Waals surface area contributed by atoms with Crippen molar-refractivity contribution < 1.29 is 14.0 Å². The highest BCUT2D eigenvalue weighted by atomic mass is 32.1. The summed E-state index contributed by atoms with van der Waals surface area (Å²) in [5, 5.41) is 8.16. The van der Waals surface area contributed by atoms with Crippen molar-refractivity contribution in [2.24, 2.45) is 0 Å². The van der Waals surface area contributed by atoms with E-state index >= 15 is 0 Å². The summed E-state index contributed by atoms with van der Waals surface area (Å²) in [6.45, 7) is 0. The number of thiocarbonyl (C=S) groups is 1. The highest BCUT2D eigenvalue weighted by Crippen LogP contribution is 2.11. The summed E-state index contributed by atoms with van der Waals surface area (Å²) in [6.07, 6.45) is 1.07. The van der Waals surface area contributed by atoms with Crippen LogP contribution in [-0.4, -0.2) is 24.0 Å². The SMILES string of the molecule is CNC(=O)CCc1ccc(NC(=S)NC(=O)c2ccc(F)cc2)cc1. The number of carbonyl (C=O) groups is 2. The molecule has 2 aromatic rings. The second-order valence-corrected chi connectivity index (χ2v) is 5.69. The Labute approximate surface area is 150 Å². The maximum atomic E-state index is 12.9. The molecule has 0 aromatic heterocycles. The molecule has 5 nitrogen and oxygen atoms in total. The molecule has 0 radical (unpaired) electrons. The first-order valence-corrected chi connectivity index (χ1v) is 8.06. The van der Waals surface area contributed by atoms with Crippen molar-refractivity contribution in [3.63, 3.8) is 0 Å². The molecule has 130 valence electrons. The molecular weight excluding hydrogens is 341 g/mol. The van der Waals surface area contributed by atoms with Gasteiger partial charge in [-0.25, -0.2) is 4.39 Å². The van der Waals surface area contributed by atoms with Gasteiger partial charge in [-0.1, -0.05) is 12.1 Å². The second kappa shape index (κ2) is 8.89. The number of aryl methyl sites for hydroxylation is 1. The Bertz CT molecular complexity index is 761. The van der Waals surface area contributed by atoms with E-state index in [-0.39, 0.29) is 11.0 Å². The van der Waals surface area contributed by atoms with Crippen molar-refractivity contribution in [2.45, 2.75) is 12.8 Å². The van der Waals surface area contributed by atoms with E-state index in [2.05, 4.69) is 16.0 Å². The van der Waals surface area contributed by atoms with Crippen LogP contribution in [0.3, 0.4) is 0 Å². The van der Waals surface area contributed by atoms with Gasteiger partial charge in [0.05, 0.1) is 0 Å². The fourth-order valence-corrected chi connectivity index (χ4v) is 2.29. The van der Waals surface area contributed by atoms with Crippen molar-refractivity contribution in [2.75, 3.05) is 12.4 Å². The fraction of sp³-hybridized carbons (Fsp3) is 0.167. The second-order valence-electron chi connectivity index (χ2n) is 5.29. The molecule has 0 unspecified atom stereocenters. The molecular formula is C18H18FN3O2S. The minimum atomic E-state index is -0.417. The van der Waals surface area contributed by atoms with E-state index in [1.165, 1.54) is 24.3 Å². The molecule has 2 aromatic carbocycles. The van der Waals surface area contributed by atoms with Crippen molar-refractivity contribution in [3.8, 4) is 0 Å². The Morgan fingerprint density at radius 2 is 1.68 bits per heavy atom. The molecule has 7 heteroatoms. The minimum absolute atomic E-state index is 0.00751. The summed E-state index contributed by atoms with van der Waals surface area (Å²) in [7, 11) is 1.61. The summed E-state index contributed by atoms with van der Waals surface area (Å²) in [4.78, 5) is 23.2. The first-order valence-electron chi connectivity index (χ1n) is 7.65. The van der Waals surface area contributed by atoms with Crippen LogP contribution in [0.1, 0.15) is 22.3 Å². The van der Waals surface area contributed by atoms with Crippen LogP contribution in [0.5, 0.6) is 0 Å². The number of hydrogen-bond acceptors (Lipinski definition) is 3. The third-order valence-electron chi connectivity index (χ3n) is 3.46. The lowest BCUT2D eigenvalue weighted by molar-refractivity contribution is -0.120. The highest BCUT2D eigenvalue weighted by Gasteiger charge is 2.08. The molecule has 2 rings (SSSR count). The third kappa shape index (κ3) is 5.96. The number of carbonyl (C=O) groups excluding carboxylic acids is 2. The van der Waals surface area contributed by atoms with Crippen molar-refractivity contribution >= 4 is 34.8 Å². The molecule has 0 aliphatic carbocycles. The van der Waals surface area contributed by atoms with Crippen LogP contribution >= 0.6 is 12.2 Å². The van der Waals surface area contributed by atoms with E-state index in [1.807, 2.05) is 24.3 Å². The van der Waals surface area contributed by atoms with E-state index in [9.17, 15) is 14.0 Å². The molecule has 0 saturated carbocycles. The predicted molar refractivity (Wildman–Crippen MR) is 98.9 cm³/mol. The van der Waals surface area contributed by atoms with Gasteiger partial charge in [0.1, 0.15) is 5.82 Å². The quantitative estimate of drug-likeness (QED) is 0.718. The Hall–Kier alpha value is -2.80. The van der Waals surface area contributed by atoms with Crippen LogP contribution in [0.2, 0.25) is 0 Å². The van der Waals surface area contributed by atoms with Gasteiger partial charge in [0, 0.05) is 24.7 Å². The molecule has 0 atom stereocenters. The van der Waals surface area contributed by atoms with Gasteiger partial charge in [-0.05, 0) is 60.6 Å². The number of benzene rings is 2. The lowest BCUT2D eigenvalue weighted by Crippen LogP contribution is -2.34. The number of hydrogen-bond donors (Lipinski definition) is 3. The molecule has 25 heavy (non-hydrogen) atoms. The standard InChI is InChI=1S/C18H18FN3O2S/c1-20-16(23)11-4-12-2-9-15(10-3-12)21-18(25)22-17(24)13-5-7-14(19)8-6-13/h2-3,5-10H,4,11H2,1H3,(H,20,23)(H2,21,22,24,25). The first kappa shape index (κ1) is 18.5. The van der Waals surface area contributed by atoms with Crippen LogP contribution in [0, 0.1) is 5.82 Å². The average Bonchev–Trinajstić information content (AvgIpc) is 2.61. The summed E-state index contributed by atoms with van der Waals surface area (Å²) in [6, 6.07) is 12.6. The zero-order chi connectivity index (χ0) is 18.2.